The molecule has 0 fully saturated rings. The molecule has 1 aliphatic heterocycles. The SMILES string of the molecule is CCCCCCCCNc1ccc2c(c1)CCC(=O)N2. The van der Waals surface area contributed by atoms with Gasteiger partial charge in [-0.05, 0) is 36.6 Å². The fourth-order valence-electron chi connectivity index (χ4n) is 2.63. The van der Waals surface area contributed by atoms with Crippen LogP contribution in [0.2, 0.25) is 0 Å². The van der Waals surface area contributed by atoms with Crippen LogP contribution in [0.25, 0.3) is 0 Å². The Labute approximate surface area is 122 Å². The maximum absolute atomic E-state index is 11.3. The minimum Gasteiger partial charge on any atom is -0.385 e. The first-order valence-corrected chi connectivity index (χ1v) is 7.96. The van der Waals surface area contributed by atoms with Crippen molar-refractivity contribution in [2.24, 2.45) is 0 Å². The third-order valence-corrected chi connectivity index (χ3v) is 3.86. The molecule has 110 valence electrons. The summed E-state index contributed by atoms with van der Waals surface area (Å²) in [5, 5.41) is 6.40. The van der Waals surface area contributed by atoms with Gasteiger partial charge in [-0.15, -0.1) is 0 Å². The molecule has 0 unspecified atom stereocenters. The fraction of sp³-hybridized carbons (Fsp3) is 0.588. The molecule has 1 aromatic rings. The predicted molar refractivity (Wildman–Crippen MR) is 85.3 cm³/mol. The summed E-state index contributed by atoms with van der Waals surface area (Å²) in [6.45, 7) is 3.29. The number of benzene rings is 1. The second kappa shape index (κ2) is 7.93. The standard InChI is InChI=1S/C17H26N2O/c1-2-3-4-5-6-7-12-18-15-9-10-16-14(13-15)8-11-17(20)19-16/h9-10,13,18H,2-8,11-12H2,1H3,(H,19,20). The van der Waals surface area contributed by atoms with Gasteiger partial charge in [0.1, 0.15) is 0 Å². The van der Waals surface area contributed by atoms with Crippen molar-refractivity contribution in [2.75, 3.05) is 17.2 Å². The van der Waals surface area contributed by atoms with Crippen molar-refractivity contribution in [1.82, 2.24) is 0 Å². The van der Waals surface area contributed by atoms with E-state index in [1.54, 1.807) is 0 Å². The number of carbonyl (C=O) groups is 1. The first-order valence-electron chi connectivity index (χ1n) is 7.96. The molecule has 0 bridgehead atoms. The number of anilines is 2. The Morgan fingerprint density at radius 2 is 1.90 bits per heavy atom. The van der Waals surface area contributed by atoms with E-state index in [9.17, 15) is 4.79 Å². The lowest BCUT2D eigenvalue weighted by atomic mass is 10.0. The molecule has 0 saturated carbocycles. The molecule has 0 aliphatic carbocycles. The van der Waals surface area contributed by atoms with Crippen LogP contribution in [0.4, 0.5) is 11.4 Å². The lowest BCUT2D eigenvalue weighted by molar-refractivity contribution is -0.116. The van der Waals surface area contributed by atoms with Crippen molar-refractivity contribution < 1.29 is 4.79 Å². The quantitative estimate of drug-likeness (QED) is 0.692. The summed E-state index contributed by atoms with van der Waals surface area (Å²) in [5.41, 5.74) is 3.40. The van der Waals surface area contributed by atoms with Gasteiger partial charge in [-0.2, -0.15) is 0 Å². The summed E-state index contributed by atoms with van der Waals surface area (Å²) in [6, 6.07) is 6.24. The molecular formula is C17H26N2O. The second-order valence-electron chi connectivity index (χ2n) is 5.61. The van der Waals surface area contributed by atoms with Crippen LogP contribution in [0.15, 0.2) is 18.2 Å². The molecule has 1 aromatic carbocycles. The van der Waals surface area contributed by atoms with Crippen LogP contribution < -0.4 is 10.6 Å². The molecule has 0 atom stereocenters. The minimum absolute atomic E-state index is 0.130. The first-order chi connectivity index (χ1) is 9.79. The van der Waals surface area contributed by atoms with Gasteiger partial charge in [-0.1, -0.05) is 39.0 Å². The number of unbranched alkanes of at least 4 members (excludes halogenated alkanes) is 5. The monoisotopic (exact) mass is 274 g/mol. The van der Waals surface area contributed by atoms with Crippen molar-refractivity contribution in [2.45, 2.75) is 58.3 Å². The summed E-state index contributed by atoms with van der Waals surface area (Å²) in [7, 11) is 0. The number of hydrogen-bond donors (Lipinski definition) is 2. The summed E-state index contributed by atoms with van der Waals surface area (Å²) < 4.78 is 0. The van der Waals surface area contributed by atoms with Crippen LogP contribution in [-0.2, 0) is 11.2 Å². The number of hydrogen-bond acceptors (Lipinski definition) is 2. The van der Waals surface area contributed by atoms with Crippen LogP contribution >= 0.6 is 0 Å². The van der Waals surface area contributed by atoms with Crippen molar-refractivity contribution in [1.29, 1.82) is 0 Å². The smallest absolute Gasteiger partial charge is 0.224 e. The second-order valence-corrected chi connectivity index (χ2v) is 5.61. The summed E-state index contributed by atoms with van der Waals surface area (Å²) >= 11 is 0. The summed E-state index contributed by atoms with van der Waals surface area (Å²) in [6.07, 6.45) is 9.40. The van der Waals surface area contributed by atoms with Crippen molar-refractivity contribution in [3.05, 3.63) is 23.8 Å². The lowest BCUT2D eigenvalue weighted by Gasteiger charge is -2.18. The minimum atomic E-state index is 0.130. The maximum atomic E-state index is 11.3. The third-order valence-electron chi connectivity index (χ3n) is 3.86. The highest BCUT2D eigenvalue weighted by Gasteiger charge is 2.14. The first kappa shape index (κ1) is 14.9. The van der Waals surface area contributed by atoms with E-state index in [4.69, 9.17) is 0 Å². The zero-order valence-electron chi connectivity index (χ0n) is 12.5. The highest BCUT2D eigenvalue weighted by atomic mass is 16.1. The normalized spacial score (nSPS) is 13.8. The van der Waals surface area contributed by atoms with Gasteiger partial charge in [0.25, 0.3) is 0 Å². The number of nitrogens with one attached hydrogen (secondary N) is 2. The molecule has 2 rings (SSSR count). The lowest BCUT2D eigenvalue weighted by Crippen LogP contribution is -2.19. The largest absolute Gasteiger partial charge is 0.385 e. The molecular weight excluding hydrogens is 248 g/mol. The Balaban J connectivity index is 1.70. The molecule has 0 spiro atoms. The molecule has 1 aliphatic rings. The Kier molecular flexibility index (Phi) is 5.90. The molecule has 20 heavy (non-hydrogen) atoms. The highest BCUT2D eigenvalue weighted by molar-refractivity contribution is 5.94. The zero-order chi connectivity index (χ0) is 14.2. The Morgan fingerprint density at radius 1 is 1.10 bits per heavy atom. The number of fused-ring (bicyclic) bond motifs is 1. The average molecular weight is 274 g/mol. The van der Waals surface area contributed by atoms with Gasteiger partial charge in [-0.3, -0.25) is 4.79 Å². The Morgan fingerprint density at radius 3 is 2.75 bits per heavy atom. The van der Waals surface area contributed by atoms with Gasteiger partial charge in [0, 0.05) is 24.3 Å². The van der Waals surface area contributed by atoms with Crippen molar-refractivity contribution in [3.8, 4) is 0 Å². The van der Waals surface area contributed by atoms with Crippen LogP contribution in [0.1, 0.15) is 57.4 Å². The molecule has 0 aromatic heterocycles. The predicted octanol–water partition coefficient (Wildman–Crippen LogP) is 4.34. The summed E-state index contributed by atoms with van der Waals surface area (Å²) in [5.74, 6) is 0.130. The fourth-order valence-corrected chi connectivity index (χ4v) is 2.63. The van der Waals surface area contributed by atoms with E-state index in [1.165, 1.54) is 49.8 Å². The number of amides is 1. The molecule has 0 saturated heterocycles. The Hall–Kier alpha value is -1.51. The average Bonchev–Trinajstić information content (AvgIpc) is 2.46. The van der Waals surface area contributed by atoms with E-state index in [0.29, 0.717) is 6.42 Å². The highest BCUT2D eigenvalue weighted by Crippen LogP contribution is 2.25. The van der Waals surface area contributed by atoms with Gasteiger partial charge >= 0.3 is 0 Å². The molecule has 3 heteroatoms. The van der Waals surface area contributed by atoms with Crippen LogP contribution in [0.5, 0.6) is 0 Å². The van der Waals surface area contributed by atoms with E-state index in [2.05, 4.69) is 29.7 Å². The molecule has 3 nitrogen and oxygen atoms in total. The number of rotatable bonds is 8. The van der Waals surface area contributed by atoms with Crippen LogP contribution in [0.3, 0.4) is 0 Å². The maximum Gasteiger partial charge on any atom is 0.224 e. The van der Waals surface area contributed by atoms with E-state index in [-0.39, 0.29) is 5.91 Å². The van der Waals surface area contributed by atoms with Gasteiger partial charge in [0.05, 0.1) is 0 Å². The van der Waals surface area contributed by atoms with Crippen molar-refractivity contribution in [3.63, 3.8) is 0 Å². The molecule has 2 N–H and O–H groups in total. The topological polar surface area (TPSA) is 41.1 Å². The van der Waals surface area contributed by atoms with E-state index >= 15 is 0 Å². The van der Waals surface area contributed by atoms with Gasteiger partial charge in [-0.25, -0.2) is 0 Å². The van der Waals surface area contributed by atoms with Crippen LogP contribution in [-0.4, -0.2) is 12.5 Å². The number of carbonyl (C=O) groups excluding carboxylic acids is 1. The molecule has 1 amide bonds. The van der Waals surface area contributed by atoms with E-state index < -0.39 is 0 Å². The molecule has 0 radical (unpaired) electrons. The molecule has 1 heterocycles. The van der Waals surface area contributed by atoms with Crippen LogP contribution in [0, 0.1) is 0 Å². The Bertz CT molecular complexity index is 443. The van der Waals surface area contributed by atoms with E-state index in [1.807, 2.05) is 6.07 Å². The van der Waals surface area contributed by atoms with Gasteiger partial charge in [0.15, 0.2) is 0 Å². The summed E-state index contributed by atoms with van der Waals surface area (Å²) in [4.78, 5) is 11.3. The third kappa shape index (κ3) is 4.55. The van der Waals surface area contributed by atoms with Crippen molar-refractivity contribution >= 4 is 17.3 Å². The van der Waals surface area contributed by atoms with Gasteiger partial charge in [0.2, 0.25) is 5.91 Å². The zero-order valence-corrected chi connectivity index (χ0v) is 12.5. The number of aryl methyl sites for hydroxylation is 1. The van der Waals surface area contributed by atoms with E-state index in [0.717, 1.165) is 18.7 Å². The van der Waals surface area contributed by atoms with Gasteiger partial charge < -0.3 is 10.6 Å².